The minimum absolute atomic E-state index is 0.0282. The van der Waals surface area contributed by atoms with Crippen molar-refractivity contribution in [2.45, 2.75) is 26.3 Å². The van der Waals surface area contributed by atoms with Crippen LogP contribution in [-0.4, -0.2) is 61.9 Å². The molecule has 5 nitrogen and oxygen atoms in total. The van der Waals surface area contributed by atoms with Crippen molar-refractivity contribution < 1.29 is 9.59 Å². The number of carbonyl (C=O) groups is 2. The zero-order valence-corrected chi connectivity index (χ0v) is 10.9. The molecular formula is C11H23N3O2. The molecule has 0 aromatic carbocycles. The first-order valence-electron chi connectivity index (χ1n) is 5.60. The Morgan fingerprint density at radius 2 is 1.88 bits per heavy atom. The van der Waals surface area contributed by atoms with Gasteiger partial charge in [-0.15, -0.1) is 0 Å². The predicted molar refractivity (Wildman–Crippen MR) is 64.1 cm³/mol. The Morgan fingerprint density at radius 3 is 2.25 bits per heavy atom. The third-order valence-corrected chi connectivity index (χ3v) is 2.43. The van der Waals surface area contributed by atoms with Crippen molar-refractivity contribution in [3.8, 4) is 0 Å². The molecule has 2 amide bonds. The number of carbonyl (C=O) groups excluding carboxylic acids is 2. The van der Waals surface area contributed by atoms with Gasteiger partial charge in [0.05, 0.1) is 12.6 Å². The van der Waals surface area contributed by atoms with E-state index in [-0.39, 0.29) is 24.4 Å². The Bertz CT molecular complexity index is 241. The molecule has 94 valence electrons. The lowest BCUT2D eigenvalue weighted by atomic mass is 10.2. The number of likely N-dealkylation sites (N-methyl/N-ethyl adjacent to an activating group) is 2. The quantitative estimate of drug-likeness (QED) is 0.693. The van der Waals surface area contributed by atoms with Crippen molar-refractivity contribution in [2.75, 3.05) is 34.2 Å². The zero-order chi connectivity index (χ0) is 12.7. The van der Waals surface area contributed by atoms with Gasteiger partial charge in [-0.25, -0.2) is 0 Å². The monoisotopic (exact) mass is 229 g/mol. The highest BCUT2D eigenvalue weighted by molar-refractivity contribution is 5.87. The normalized spacial score (nSPS) is 12.1. The summed E-state index contributed by atoms with van der Waals surface area (Å²) < 4.78 is 0. The van der Waals surface area contributed by atoms with Crippen LogP contribution in [-0.2, 0) is 9.59 Å². The van der Waals surface area contributed by atoms with Crippen LogP contribution in [0.25, 0.3) is 0 Å². The lowest BCUT2D eigenvalue weighted by Crippen LogP contribution is -2.47. The van der Waals surface area contributed by atoms with Crippen LogP contribution in [0.2, 0.25) is 0 Å². The maximum atomic E-state index is 11.9. The molecule has 0 aliphatic carbocycles. The van der Waals surface area contributed by atoms with Crippen LogP contribution in [0.1, 0.15) is 20.3 Å². The Morgan fingerprint density at radius 1 is 1.31 bits per heavy atom. The fraction of sp³-hybridized carbons (Fsp3) is 0.818. The van der Waals surface area contributed by atoms with Gasteiger partial charge < -0.3 is 15.1 Å². The van der Waals surface area contributed by atoms with Gasteiger partial charge in [-0.1, -0.05) is 6.92 Å². The summed E-state index contributed by atoms with van der Waals surface area (Å²) in [6.45, 7) is 4.56. The van der Waals surface area contributed by atoms with E-state index in [9.17, 15) is 9.59 Å². The molecule has 0 aromatic heterocycles. The molecule has 0 bridgehead atoms. The van der Waals surface area contributed by atoms with Crippen molar-refractivity contribution in [3.63, 3.8) is 0 Å². The van der Waals surface area contributed by atoms with E-state index in [1.54, 1.807) is 33.0 Å². The largest absolute Gasteiger partial charge is 0.347 e. The van der Waals surface area contributed by atoms with Gasteiger partial charge in [-0.3, -0.25) is 9.59 Å². The molecule has 0 spiro atoms. The maximum absolute atomic E-state index is 11.9. The second-order valence-corrected chi connectivity index (χ2v) is 4.06. The molecule has 0 heterocycles. The average Bonchev–Trinajstić information content (AvgIpc) is 2.26. The third-order valence-electron chi connectivity index (χ3n) is 2.43. The molecule has 0 radical (unpaired) electrons. The van der Waals surface area contributed by atoms with Crippen LogP contribution in [0.4, 0.5) is 0 Å². The van der Waals surface area contributed by atoms with E-state index in [1.807, 2.05) is 6.92 Å². The van der Waals surface area contributed by atoms with Gasteiger partial charge in [0.25, 0.3) is 0 Å². The molecule has 0 saturated carbocycles. The summed E-state index contributed by atoms with van der Waals surface area (Å²) >= 11 is 0. The summed E-state index contributed by atoms with van der Waals surface area (Å²) in [5.74, 6) is -0.0790. The first-order chi connectivity index (χ1) is 7.43. The number of amides is 2. The van der Waals surface area contributed by atoms with E-state index in [0.717, 1.165) is 6.42 Å². The summed E-state index contributed by atoms with van der Waals surface area (Å²) in [6, 6.07) is -0.249. The van der Waals surface area contributed by atoms with Gasteiger partial charge in [0.2, 0.25) is 11.8 Å². The van der Waals surface area contributed by atoms with E-state index >= 15 is 0 Å². The summed E-state index contributed by atoms with van der Waals surface area (Å²) in [5.41, 5.74) is 0. The number of rotatable bonds is 6. The fourth-order valence-corrected chi connectivity index (χ4v) is 1.24. The Labute approximate surface area is 97.8 Å². The summed E-state index contributed by atoms with van der Waals surface area (Å²) in [6.07, 6.45) is 0.850. The number of hydrogen-bond donors (Lipinski definition) is 1. The highest BCUT2D eigenvalue weighted by Crippen LogP contribution is 1.98. The van der Waals surface area contributed by atoms with Crippen molar-refractivity contribution in [1.82, 2.24) is 15.1 Å². The lowest BCUT2D eigenvalue weighted by molar-refractivity contribution is -0.140. The zero-order valence-electron chi connectivity index (χ0n) is 10.9. The molecule has 0 fully saturated rings. The molecule has 0 aliphatic heterocycles. The molecule has 0 saturated heterocycles. The number of nitrogens with one attached hydrogen (secondary N) is 1. The molecule has 5 heteroatoms. The molecule has 0 aliphatic rings. The van der Waals surface area contributed by atoms with Gasteiger partial charge in [-0.2, -0.15) is 0 Å². The topological polar surface area (TPSA) is 52.7 Å². The predicted octanol–water partition coefficient (Wildman–Crippen LogP) is -0.0789. The van der Waals surface area contributed by atoms with E-state index in [0.29, 0.717) is 6.54 Å². The van der Waals surface area contributed by atoms with Crippen LogP contribution >= 0.6 is 0 Å². The molecule has 1 atom stereocenters. The summed E-state index contributed by atoms with van der Waals surface area (Å²) in [7, 11) is 5.12. The van der Waals surface area contributed by atoms with Gasteiger partial charge in [0.1, 0.15) is 0 Å². The lowest BCUT2D eigenvalue weighted by Gasteiger charge is -2.25. The van der Waals surface area contributed by atoms with Crippen molar-refractivity contribution in [2.24, 2.45) is 0 Å². The molecular weight excluding hydrogens is 206 g/mol. The van der Waals surface area contributed by atoms with E-state index in [1.165, 1.54) is 4.90 Å². The van der Waals surface area contributed by atoms with E-state index in [2.05, 4.69) is 5.32 Å². The first kappa shape index (κ1) is 14.9. The Balaban J connectivity index is 4.48. The van der Waals surface area contributed by atoms with Crippen molar-refractivity contribution in [1.29, 1.82) is 0 Å². The minimum atomic E-state index is -0.249. The van der Waals surface area contributed by atoms with Crippen LogP contribution in [0.5, 0.6) is 0 Å². The maximum Gasteiger partial charge on any atom is 0.241 e. The van der Waals surface area contributed by atoms with Crippen LogP contribution in [0, 0.1) is 0 Å². The summed E-state index contributed by atoms with van der Waals surface area (Å²) in [4.78, 5) is 26.6. The Kier molecular flexibility index (Phi) is 6.72. The fourth-order valence-electron chi connectivity index (χ4n) is 1.24. The molecule has 1 unspecified atom stereocenters. The van der Waals surface area contributed by atoms with Crippen LogP contribution < -0.4 is 5.32 Å². The van der Waals surface area contributed by atoms with Crippen LogP contribution in [0.15, 0.2) is 0 Å². The van der Waals surface area contributed by atoms with Crippen molar-refractivity contribution in [3.05, 3.63) is 0 Å². The molecule has 0 aromatic rings. The first-order valence-corrected chi connectivity index (χ1v) is 5.60. The van der Waals surface area contributed by atoms with Crippen LogP contribution in [0.3, 0.4) is 0 Å². The Hall–Kier alpha value is -1.10. The van der Waals surface area contributed by atoms with Gasteiger partial charge in [0.15, 0.2) is 0 Å². The third kappa shape index (κ3) is 4.61. The average molecular weight is 229 g/mol. The molecule has 1 N–H and O–H groups in total. The standard InChI is InChI=1S/C11H23N3O2/c1-6-7-14(8-10(15)13(4)5)11(16)9(2)12-3/h9,12H,6-8H2,1-5H3. The molecule has 0 rings (SSSR count). The highest BCUT2D eigenvalue weighted by Gasteiger charge is 2.21. The van der Waals surface area contributed by atoms with Crippen molar-refractivity contribution >= 4 is 11.8 Å². The second kappa shape index (κ2) is 7.22. The van der Waals surface area contributed by atoms with Gasteiger partial charge >= 0.3 is 0 Å². The SMILES string of the molecule is CCCN(CC(=O)N(C)C)C(=O)C(C)NC. The van der Waals surface area contributed by atoms with E-state index in [4.69, 9.17) is 0 Å². The highest BCUT2D eigenvalue weighted by atomic mass is 16.2. The van der Waals surface area contributed by atoms with Gasteiger partial charge in [-0.05, 0) is 20.4 Å². The smallest absolute Gasteiger partial charge is 0.241 e. The number of nitrogens with zero attached hydrogens (tertiary/aromatic N) is 2. The number of hydrogen-bond acceptors (Lipinski definition) is 3. The van der Waals surface area contributed by atoms with E-state index < -0.39 is 0 Å². The second-order valence-electron chi connectivity index (χ2n) is 4.06. The molecule has 16 heavy (non-hydrogen) atoms. The minimum Gasteiger partial charge on any atom is -0.347 e. The summed E-state index contributed by atoms with van der Waals surface area (Å²) in [5, 5.41) is 2.89. The van der Waals surface area contributed by atoms with Gasteiger partial charge in [0, 0.05) is 20.6 Å².